The molecule has 2 aliphatic carbocycles. The SMILES string of the molecule is CCC1CCc2c(sc3ncnc(C[C@H]4CC[C@H](C)CC4)c23)C1. The Kier molecular flexibility index (Phi) is 4.40. The van der Waals surface area contributed by atoms with E-state index in [-0.39, 0.29) is 0 Å². The fraction of sp³-hybridized carbons (Fsp3) is 0.700. The summed E-state index contributed by atoms with van der Waals surface area (Å²) in [5.74, 6) is 2.65. The van der Waals surface area contributed by atoms with E-state index in [0.717, 1.165) is 17.8 Å². The number of nitrogens with zero attached hydrogens (tertiary/aromatic N) is 2. The quantitative estimate of drug-likeness (QED) is 0.735. The normalized spacial score (nSPS) is 28.0. The second-order valence-electron chi connectivity index (χ2n) is 7.85. The second-order valence-corrected chi connectivity index (χ2v) is 8.94. The number of fused-ring (bicyclic) bond motifs is 3. The molecule has 2 aromatic rings. The van der Waals surface area contributed by atoms with Crippen LogP contribution < -0.4 is 0 Å². The van der Waals surface area contributed by atoms with E-state index in [2.05, 4.69) is 18.8 Å². The van der Waals surface area contributed by atoms with Crippen molar-refractivity contribution < 1.29 is 0 Å². The lowest BCUT2D eigenvalue weighted by molar-refractivity contribution is 0.288. The molecule has 1 fully saturated rings. The summed E-state index contributed by atoms with van der Waals surface area (Å²) in [6.45, 7) is 4.73. The molecule has 0 aliphatic heterocycles. The first-order valence-electron chi connectivity index (χ1n) is 9.48. The molecule has 2 nitrogen and oxygen atoms in total. The van der Waals surface area contributed by atoms with Crippen molar-refractivity contribution in [3.8, 4) is 0 Å². The van der Waals surface area contributed by atoms with Gasteiger partial charge in [0.15, 0.2) is 0 Å². The third-order valence-corrected chi connectivity index (χ3v) is 7.38. The van der Waals surface area contributed by atoms with E-state index in [1.54, 1.807) is 10.4 Å². The molecule has 4 rings (SSSR count). The van der Waals surface area contributed by atoms with Gasteiger partial charge < -0.3 is 0 Å². The molecule has 2 aromatic heterocycles. The number of aryl methyl sites for hydroxylation is 1. The minimum absolute atomic E-state index is 0.840. The molecule has 0 N–H and O–H groups in total. The Morgan fingerprint density at radius 1 is 1.09 bits per heavy atom. The topological polar surface area (TPSA) is 25.8 Å². The molecule has 1 atom stereocenters. The summed E-state index contributed by atoms with van der Waals surface area (Å²) in [6.07, 6.45) is 13.7. The first-order valence-corrected chi connectivity index (χ1v) is 10.3. The van der Waals surface area contributed by atoms with Gasteiger partial charge in [-0.25, -0.2) is 9.97 Å². The number of hydrogen-bond donors (Lipinski definition) is 0. The molecule has 23 heavy (non-hydrogen) atoms. The first kappa shape index (κ1) is 15.6. The highest BCUT2D eigenvalue weighted by atomic mass is 32.1. The van der Waals surface area contributed by atoms with E-state index in [4.69, 9.17) is 4.98 Å². The van der Waals surface area contributed by atoms with Crippen LogP contribution in [0.1, 0.15) is 68.5 Å². The van der Waals surface area contributed by atoms with Crippen LogP contribution in [0.3, 0.4) is 0 Å². The summed E-state index contributed by atoms with van der Waals surface area (Å²) in [5, 5.41) is 1.45. The summed E-state index contributed by atoms with van der Waals surface area (Å²) < 4.78 is 0. The van der Waals surface area contributed by atoms with Crippen LogP contribution in [0.5, 0.6) is 0 Å². The van der Waals surface area contributed by atoms with Gasteiger partial charge in [-0.05, 0) is 61.8 Å². The van der Waals surface area contributed by atoms with Gasteiger partial charge in [-0.3, -0.25) is 0 Å². The average molecular weight is 329 g/mol. The molecule has 0 amide bonds. The Bertz CT molecular complexity index is 682. The third-order valence-electron chi connectivity index (χ3n) is 6.22. The molecule has 0 bridgehead atoms. The van der Waals surface area contributed by atoms with Crippen LogP contribution >= 0.6 is 11.3 Å². The highest BCUT2D eigenvalue weighted by molar-refractivity contribution is 7.18. The summed E-state index contributed by atoms with van der Waals surface area (Å²) in [5.41, 5.74) is 2.96. The van der Waals surface area contributed by atoms with Gasteiger partial charge in [0.1, 0.15) is 11.2 Å². The number of rotatable bonds is 3. The highest BCUT2D eigenvalue weighted by Crippen LogP contribution is 2.40. The van der Waals surface area contributed by atoms with Crippen LogP contribution in [0.15, 0.2) is 6.33 Å². The zero-order valence-corrected chi connectivity index (χ0v) is 15.3. The van der Waals surface area contributed by atoms with Gasteiger partial charge in [0.05, 0.1) is 5.69 Å². The number of thiophene rings is 1. The molecule has 2 heterocycles. The molecule has 1 saturated carbocycles. The van der Waals surface area contributed by atoms with E-state index in [9.17, 15) is 0 Å². The minimum Gasteiger partial charge on any atom is -0.241 e. The van der Waals surface area contributed by atoms with E-state index < -0.39 is 0 Å². The zero-order chi connectivity index (χ0) is 15.8. The molecule has 0 spiro atoms. The monoisotopic (exact) mass is 328 g/mol. The van der Waals surface area contributed by atoms with Crippen LogP contribution in [0.2, 0.25) is 0 Å². The molecule has 1 unspecified atom stereocenters. The first-order chi connectivity index (χ1) is 11.2. The standard InChI is InChI=1S/C20H28N2S/c1-3-14-8-9-16-18(11-14)23-20-19(16)17(21-12-22-20)10-15-6-4-13(2)5-7-15/h12-15H,3-11H2,1-2H3/t13-,14?,15-. The maximum atomic E-state index is 4.74. The van der Waals surface area contributed by atoms with Crippen LogP contribution in [0.4, 0.5) is 0 Å². The summed E-state index contributed by atoms with van der Waals surface area (Å²) in [6, 6.07) is 0. The van der Waals surface area contributed by atoms with Gasteiger partial charge in [0.2, 0.25) is 0 Å². The van der Waals surface area contributed by atoms with Gasteiger partial charge >= 0.3 is 0 Å². The third kappa shape index (κ3) is 3.05. The van der Waals surface area contributed by atoms with Crippen LogP contribution in [-0.4, -0.2) is 9.97 Å². The van der Waals surface area contributed by atoms with Crippen LogP contribution in [0.25, 0.3) is 10.2 Å². The van der Waals surface area contributed by atoms with Crippen molar-refractivity contribution in [2.75, 3.05) is 0 Å². The van der Waals surface area contributed by atoms with Crippen molar-refractivity contribution in [2.45, 2.75) is 71.6 Å². The average Bonchev–Trinajstić information content (AvgIpc) is 2.95. The maximum absolute atomic E-state index is 4.74. The van der Waals surface area contributed by atoms with Gasteiger partial charge in [-0.2, -0.15) is 0 Å². The lowest BCUT2D eigenvalue weighted by Crippen LogP contribution is -2.16. The largest absolute Gasteiger partial charge is 0.241 e. The van der Waals surface area contributed by atoms with Crippen molar-refractivity contribution in [1.29, 1.82) is 0 Å². The Labute approximate surface area is 143 Å². The van der Waals surface area contributed by atoms with Gasteiger partial charge in [-0.15, -0.1) is 11.3 Å². The Morgan fingerprint density at radius 2 is 1.91 bits per heavy atom. The molecule has 0 radical (unpaired) electrons. The molecular formula is C20H28N2S. The minimum atomic E-state index is 0.840. The molecular weight excluding hydrogens is 300 g/mol. The number of hydrogen-bond acceptors (Lipinski definition) is 3. The van der Waals surface area contributed by atoms with E-state index in [0.29, 0.717) is 0 Å². The Morgan fingerprint density at radius 3 is 2.70 bits per heavy atom. The van der Waals surface area contributed by atoms with Gasteiger partial charge in [0.25, 0.3) is 0 Å². The molecule has 124 valence electrons. The maximum Gasteiger partial charge on any atom is 0.127 e. The van der Waals surface area contributed by atoms with Crippen LogP contribution in [0, 0.1) is 17.8 Å². The fourth-order valence-corrected chi connectivity index (χ4v) is 5.88. The molecule has 3 heteroatoms. The lowest BCUT2D eigenvalue weighted by atomic mass is 9.80. The van der Waals surface area contributed by atoms with Crippen molar-refractivity contribution in [2.24, 2.45) is 17.8 Å². The van der Waals surface area contributed by atoms with E-state index in [1.807, 2.05) is 17.7 Å². The summed E-state index contributed by atoms with van der Waals surface area (Å²) >= 11 is 1.94. The predicted octanol–water partition coefficient (Wildman–Crippen LogP) is 5.58. The number of aromatic nitrogens is 2. The van der Waals surface area contributed by atoms with E-state index in [1.165, 1.54) is 73.7 Å². The smallest absolute Gasteiger partial charge is 0.127 e. The lowest BCUT2D eigenvalue weighted by Gasteiger charge is -2.26. The van der Waals surface area contributed by atoms with Gasteiger partial charge in [-0.1, -0.05) is 33.1 Å². The van der Waals surface area contributed by atoms with Crippen molar-refractivity contribution in [3.05, 3.63) is 22.5 Å². The zero-order valence-electron chi connectivity index (χ0n) is 14.5. The molecule has 2 aliphatic rings. The van der Waals surface area contributed by atoms with E-state index >= 15 is 0 Å². The second kappa shape index (κ2) is 6.51. The Hall–Kier alpha value is -0.960. The highest BCUT2D eigenvalue weighted by Gasteiger charge is 2.26. The summed E-state index contributed by atoms with van der Waals surface area (Å²) in [4.78, 5) is 12.2. The Balaban J connectivity index is 1.64. The fourth-order valence-electron chi connectivity index (χ4n) is 4.55. The van der Waals surface area contributed by atoms with Crippen LogP contribution in [-0.2, 0) is 19.3 Å². The molecule has 0 aromatic carbocycles. The van der Waals surface area contributed by atoms with Crippen molar-refractivity contribution in [1.82, 2.24) is 9.97 Å². The summed E-state index contributed by atoms with van der Waals surface area (Å²) in [7, 11) is 0. The van der Waals surface area contributed by atoms with Crippen molar-refractivity contribution in [3.63, 3.8) is 0 Å². The predicted molar refractivity (Wildman–Crippen MR) is 98.0 cm³/mol. The van der Waals surface area contributed by atoms with Crippen molar-refractivity contribution >= 4 is 21.6 Å². The molecule has 0 saturated heterocycles. The van der Waals surface area contributed by atoms with Gasteiger partial charge in [0, 0.05) is 10.3 Å².